The zero-order valence-electron chi connectivity index (χ0n) is 10.1. The fourth-order valence-corrected chi connectivity index (χ4v) is 1.99. The van der Waals surface area contributed by atoms with E-state index in [1.807, 2.05) is 6.92 Å². The SMILES string of the molecule is Cc1cc(C)cc(-c2nc(C)c(Br)c(N)n2)c1. The highest BCUT2D eigenvalue weighted by atomic mass is 79.9. The van der Waals surface area contributed by atoms with Crippen molar-refractivity contribution in [2.45, 2.75) is 20.8 Å². The molecule has 0 saturated heterocycles. The number of halogens is 1. The van der Waals surface area contributed by atoms with Crippen LogP contribution in [0.1, 0.15) is 16.8 Å². The van der Waals surface area contributed by atoms with Gasteiger partial charge in [0.15, 0.2) is 5.82 Å². The van der Waals surface area contributed by atoms with Crippen molar-refractivity contribution in [3.05, 3.63) is 39.5 Å². The van der Waals surface area contributed by atoms with Crippen LogP contribution in [0.5, 0.6) is 0 Å². The number of rotatable bonds is 1. The molecule has 0 aliphatic heterocycles. The number of aryl methyl sites for hydroxylation is 3. The minimum atomic E-state index is 0.478. The fraction of sp³-hybridized carbons (Fsp3) is 0.231. The first-order valence-electron chi connectivity index (χ1n) is 5.35. The molecule has 4 heteroatoms. The molecule has 2 rings (SSSR count). The summed E-state index contributed by atoms with van der Waals surface area (Å²) < 4.78 is 0.769. The van der Waals surface area contributed by atoms with E-state index in [2.05, 4.69) is 57.9 Å². The Morgan fingerprint density at radius 1 is 1.00 bits per heavy atom. The van der Waals surface area contributed by atoms with Crippen molar-refractivity contribution in [3.8, 4) is 11.4 Å². The smallest absolute Gasteiger partial charge is 0.161 e. The maximum absolute atomic E-state index is 5.84. The van der Waals surface area contributed by atoms with E-state index >= 15 is 0 Å². The first-order chi connectivity index (χ1) is 7.97. The second kappa shape index (κ2) is 4.45. The van der Waals surface area contributed by atoms with E-state index in [0.29, 0.717) is 11.6 Å². The Morgan fingerprint density at radius 3 is 2.12 bits per heavy atom. The monoisotopic (exact) mass is 291 g/mol. The van der Waals surface area contributed by atoms with Gasteiger partial charge in [-0.05, 0) is 48.8 Å². The van der Waals surface area contributed by atoms with Crippen LogP contribution in [0.15, 0.2) is 22.7 Å². The molecule has 0 atom stereocenters. The molecule has 2 aromatic rings. The van der Waals surface area contributed by atoms with Gasteiger partial charge in [0.1, 0.15) is 5.82 Å². The molecule has 0 saturated carbocycles. The molecule has 2 N–H and O–H groups in total. The van der Waals surface area contributed by atoms with Crippen LogP contribution in [0, 0.1) is 20.8 Å². The van der Waals surface area contributed by atoms with Crippen molar-refractivity contribution >= 4 is 21.7 Å². The third-order valence-corrected chi connectivity index (χ3v) is 3.50. The summed E-state index contributed by atoms with van der Waals surface area (Å²) in [5.41, 5.74) is 10.1. The number of nitrogen functional groups attached to an aromatic ring is 1. The molecule has 3 nitrogen and oxygen atoms in total. The van der Waals surface area contributed by atoms with Crippen LogP contribution >= 0.6 is 15.9 Å². The highest BCUT2D eigenvalue weighted by Crippen LogP contribution is 2.25. The topological polar surface area (TPSA) is 51.8 Å². The summed E-state index contributed by atoms with van der Waals surface area (Å²) in [6.07, 6.45) is 0. The van der Waals surface area contributed by atoms with Crippen LogP contribution in [-0.4, -0.2) is 9.97 Å². The van der Waals surface area contributed by atoms with Crippen molar-refractivity contribution in [2.24, 2.45) is 0 Å². The fourth-order valence-electron chi connectivity index (χ4n) is 1.81. The number of benzene rings is 1. The lowest BCUT2D eigenvalue weighted by Crippen LogP contribution is -2.00. The van der Waals surface area contributed by atoms with Crippen LogP contribution in [0.4, 0.5) is 5.82 Å². The Morgan fingerprint density at radius 2 is 1.59 bits per heavy atom. The molecule has 0 unspecified atom stereocenters. The predicted octanol–water partition coefficient (Wildman–Crippen LogP) is 3.41. The van der Waals surface area contributed by atoms with Gasteiger partial charge in [-0.3, -0.25) is 0 Å². The van der Waals surface area contributed by atoms with E-state index in [4.69, 9.17) is 5.73 Å². The molecule has 0 bridgehead atoms. The van der Waals surface area contributed by atoms with Crippen molar-refractivity contribution in [2.75, 3.05) is 5.73 Å². The summed E-state index contributed by atoms with van der Waals surface area (Å²) in [5.74, 6) is 1.15. The van der Waals surface area contributed by atoms with Crippen molar-refractivity contribution in [1.29, 1.82) is 0 Å². The van der Waals surface area contributed by atoms with Crippen LogP contribution in [-0.2, 0) is 0 Å². The summed E-state index contributed by atoms with van der Waals surface area (Å²) in [4.78, 5) is 8.75. The van der Waals surface area contributed by atoms with Gasteiger partial charge in [0.25, 0.3) is 0 Å². The number of nitrogens with two attached hydrogens (primary N) is 1. The highest BCUT2D eigenvalue weighted by molar-refractivity contribution is 9.10. The Balaban J connectivity index is 2.60. The van der Waals surface area contributed by atoms with Crippen molar-refractivity contribution < 1.29 is 0 Å². The van der Waals surface area contributed by atoms with Gasteiger partial charge in [0.05, 0.1) is 10.2 Å². The molecular weight excluding hydrogens is 278 g/mol. The van der Waals surface area contributed by atoms with E-state index < -0.39 is 0 Å². The third kappa shape index (κ3) is 2.47. The average Bonchev–Trinajstić information content (AvgIpc) is 2.23. The maximum Gasteiger partial charge on any atom is 0.161 e. The minimum absolute atomic E-state index is 0.478. The number of anilines is 1. The number of nitrogens with zero attached hydrogens (tertiary/aromatic N) is 2. The van der Waals surface area contributed by atoms with Gasteiger partial charge in [-0.25, -0.2) is 9.97 Å². The molecular formula is C13H14BrN3. The molecule has 88 valence electrons. The Bertz CT molecular complexity index is 536. The lowest BCUT2D eigenvalue weighted by atomic mass is 10.1. The average molecular weight is 292 g/mol. The molecule has 0 amide bonds. The second-order valence-corrected chi connectivity index (χ2v) is 5.00. The van der Waals surface area contributed by atoms with Crippen LogP contribution in [0.25, 0.3) is 11.4 Å². The van der Waals surface area contributed by atoms with Crippen molar-refractivity contribution in [3.63, 3.8) is 0 Å². The molecule has 0 fully saturated rings. The standard InChI is InChI=1S/C13H14BrN3/c1-7-4-8(2)6-10(5-7)13-16-9(3)11(14)12(15)17-13/h4-6H,1-3H3,(H2,15,16,17). The minimum Gasteiger partial charge on any atom is -0.383 e. The lowest BCUT2D eigenvalue weighted by molar-refractivity contribution is 1.10. The van der Waals surface area contributed by atoms with E-state index in [9.17, 15) is 0 Å². The normalized spacial score (nSPS) is 10.6. The molecule has 0 aliphatic rings. The quantitative estimate of drug-likeness (QED) is 0.876. The largest absolute Gasteiger partial charge is 0.383 e. The van der Waals surface area contributed by atoms with Gasteiger partial charge >= 0.3 is 0 Å². The first-order valence-corrected chi connectivity index (χ1v) is 6.15. The summed E-state index contributed by atoms with van der Waals surface area (Å²) in [7, 11) is 0. The number of hydrogen-bond acceptors (Lipinski definition) is 3. The highest BCUT2D eigenvalue weighted by Gasteiger charge is 2.08. The van der Waals surface area contributed by atoms with Crippen LogP contribution < -0.4 is 5.73 Å². The van der Waals surface area contributed by atoms with Gasteiger partial charge in [-0.1, -0.05) is 17.2 Å². The maximum atomic E-state index is 5.84. The van der Waals surface area contributed by atoms with E-state index in [1.165, 1.54) is 11.1 Å². The lowest BCUT2D eigenvalue weighted by Gasteiger charge is -2.07. The summed E-state index contributed by atoms with van der Waals surface area (Å²) in [5, 5.41) is 0. The zero-order chi connectivity index (χ0) is 12.6. The van der Waals surface area contributed by atoms with Gasteiger partial charge < -0.3 is 5.73 Å². The Hall–Kier alpha value is -1.42. The Labute approximate surface area is 109 Å². The third-order valence-electron chi connectivity index (χ3n) is 2.52. The van der Waals surface area contributed by atoms with E-state index in [0.717, 1.165) is 15.7 Å². The van der Waals surface area contributed by atoms with Crippen LogP contribution in [0.3, 0.4) is 0 Å². The predicted molar refractivity (Wildman–Crippen MR) is 73.8 cm³/mol. The van der Waals surface area contributed by atoms with E-state index in [1.54, 1.807) is 0 Å². The first kappa shape index (κ1) is 12.0. The Kier molecular flexibility index (Phi) is 3.15. The summed E-state index contributed by atoms with van der Waals surface area (Å²) in [6.45, 7) is 6.03. The van der Waals surface area contributed by atoms with Gasteiger partial charge in [0, 0.05) is 5.56 Å². The molecule has 1 aromatic carbocycles. The molecule has 0 spiro atoms. The summed E-state index contributed by atoms with van der Waals surface area (Å²) in [6, 6.07) is 6.25. The van der Waals surface area contributed by atoms with E-state index in [-0.39, 0.29) is 0 Å². The van der Waals surface area contributed by atoms with Crippen molar-refractivity contribution in [1.82, 2.24) is 9.97 Å². The molecule has 0 aliphatic carbocycles. The molecule has 1 heterocycles. The summed E-state index contributed by atoms with van der Waals surface area (Å²) >= 11 is 3.36. The molecule has 1 aromatic heterocycles. The molecule has 0 radical (unpaired) electrons. The van der Waals surface area contributed by atoms with Gasteiger partial charge in [-0.15, -0.1) is 0 Å². The molecule has 17 heavy (non-hydrogen) atoms. The second-order valence-electron chi connectivity index (χ2n) is 4.21. The zero-order valence-corrected chi connectivity index (χ0v) is 11.7. The van der Waals surface area contributed by atoms with Gasteiger partial charge in [-0.2, -0.15) is 0 Å². The van der Waals surface area contributed by atoms with Gasteiger partial charge in [0.2, 0.25) is 0 Å². The van der Waals surface area contributed by atoms with Crippen LogP contribution in [0.2, 0.25) is 0 Å². The number of aromatic nitrogens is 2. The number of hydrogen-bond donors (Lipinski definition) is 1.